The van der Waals surface area contributed by atoms with Crippen LogP contribution < -0.4 is 15.0 Å². The lowest BCUT2D eigenvalue weighted by Crippen LogP contribution is -2.44. The van der Waals surface area contributed by atoms with Gasteiger partial charge in [0, 0.05) is 56.1 Å². The molecule has 2 aromatic rings. The van der Waals surface area contributed by atoms with Gasteiger partial charge in [0.15, 0.2) is 0 Å². The summed E-state index contributed by atoms with van der Waals surface area (Å²) in [6.45, 7) is 1.93. The van der Waals surface area contributed by atoms with Gasteiger partial charge in [-0.25, -0.2) is 0 Å². The van der Waals surface area contributed by atoms with Crippen LogP contribution in [0.1, 0.15) is 28.8 Å². The first kappa shape index (κ1) is 19.2. The van der Waals surface area contributed by atoms with E-state index in [-0.39, 0.29) is 11.3 Å². The third kappa shape index (κ3) is 4.25. The second-order valence-electron chi connectivity index (χ2n) is 7.22. The fraction of sp³-hybridized carbons (Fsp3) is 0.409. The average Bonchev–Trinajstić information content (AvgIpc) is 2.72. The van der Waals surface area contributed by atoms with Gasteiger partial charge in [-0.1, -0.05) is 24.3 Å². The lowest BCUT2D eigenvalue weighted by Gasteiger charge is -2.38. The molecule has 1 heterocycles. The van der Waals surface area contributed by atoms with Crippen molar-refractivity contribution >= 4 is 11.6 Å². The highest BCUT2D eigenvalue weighted by atomic mass is 16.5. The first-order chi connectivity index (χ1) is 13.1. The van der Waals surface area contributed by atoms with E-state index in [0.717, 1.165) is 29.8 Å². The highest BCUT2D eigenvalue weighted by molar-refractivity contribution is 5.95. The normalized spacial score (nSPS) is 15.8. The fourth-order valence-corrected chi connectivity index (χ4v) is 3.66. The molecule has 1 N–H and O–H groups in total. The van der Waals surface area contributed by atoms with E-state index < -0.39 is 0 Å². The van der Waals surface area contributed by atoms with Gasteiger partial charge in [0.05, 0.1) is 7.11 Å². The Balaban J connectivity index is 1.81. The number of amides is 1. The molecule has 0 aromatic heterocycles. The van der Waals surface area contributed by atoms with Crippen LogP contribution in [0.2, 0.25) is 0 Å². The van der Waals surface area contributed by atoms with Gasteiger partial charge in [-0.05, 0) is 37.1 Å². The Labute approximate surface area is 161 Å². The average molecular weight is 368 g/mol. The Kier molecular flexibility index (Phi) is 6.01. The molecule has 3 rings (SSSR count). The number of nitrogens with one attached hydrogen (secondary N) is 1. The Bertz CT molecular complexity index is 783. The number of hydrogen-bond acceptors (Lipinski definition) is 4. The van der Waals surface area contributed by atoms with Crippen molar-refractivity contribution in [3.63, 3.8) is 0 Å². The predicted molar refractivity (Wildman–Crippen MR) is 108 cm³/mol. The maximum absolute atomic E-state index is 12.8. The van der Waals surface area contributed by atoms with E-state index in [0.29, 0.717) is 25.3 Å². The third-order valence-electron chi connectivity index (χ3n) is 5.34. The number of anilines is 1. The van der Waals surface area contributed by atoms with Crippen molar-refractivity contribution in [2.75, 3.05) is 45.9 Å². The molecule has 1 saturated heterocycles. The van der Waals surface area contributed by atoms with Gasteiger partial charge in [-0.3, -0.25) is 4.79 Å². The summed E-state index contributed by atoms with van der Waals surface area (Å²) >= 11 is 0. The first-order valence-corrected chi connectivity index (χ1v) is 9.32. The van der Waals surface area contributed by atoms with Crippen LogP contribution in [0.5, 0.6) is 5.75 Å². The van der Waals surface area contributed by atoms with Crippen LogP contribution in [0.15, 0.2) is 48.5 Å². The second kappa shape index (κ2) is 8.44. The Hall–Kier alpha value is -2.53. The van der Waals surface area contributed by atoms with Crippen molar-refractivity contribution in [1.82, 2.24) is 5.32 Å². The van der Waals surface area contributed by atoms with Gasteiger partial charge in [-0.2, -0.15) is 0 Å². The molecule has 0 unspecified atom stereocenters. The molecule has 0 spiro atoms. The van der Waals surface area contributed by atoms with E-state index in [4.69, 9.17) is 9.47 Å². The molecule has 1 amide bonds. The molecule has 1 aliphatic heterocycles. The summed E-state index contributed by atoms with van der Waals surface area (Å²) in [6, 6.07) is 15.7. The number of hydrogen-bond donors (Lipinski definition) is 1. The number of para-hydroxylation sites is 1. The zero-order valence-electron chi connectivity index (χ0n) is 16.3. The molecule has 144 valence electrons. The molecule has 27 heavy (non-hydrogen) atoms. The second-order valence-corrected chi connectivity index (χ2v) is 7.22. The maximum Gasteiger partial charge on any atom is 0.251 e. The quantitative estimate of drug-likeness (QED) is 0.850. The standard InChI is InChI=1S/C22H28N2O3/c1-24(2)18-8-6-7-17(15-18)21(25)23-16-22(11-13-27-14-12-22)19-9-4-5-10-20(19)26-3/h4-10,15H,11-14,16H2,1-3H3,(H,23,25). The topological polar surface area (TPSA) is 50.8 Å². The zero-order valence-corrected chi connectivity index (χ0v) is 16.3. The minimum atomic E-state index is -0.181. The summed E-state index contributed by atoms with van der Waals surface area (Å²) in [6.07, 6.45) is 1.71. The van der Waals surface area contributed by atoms with Crippen molar-refractivity contribution in [3.8, 4) is 5.75 Å². The Morgan fingerprint density at radius 3 is 2.59 bits per heavy atom. The molecule has 0 bridgehead atoms. The van der Waals surface area contributed by atoms with E-state index in [1.165, 1.54) is 0 Å². The first-order valence-electron chi connectivity index (χ1n) is 9.32. The van der Waals surface area contributed by atoms with Crippen molar-refractivity contribution < 1.29 is 14.3 Å². The maximum atomic E-state index is 12.8. The fourth-order valence-electron chi connectivity index (χ4n) is 3.66. The summed E-state index contributed by atoms with van der Waals surface area (Å²) in [5, 5.41) is 3.16. The molecule has 0 radical (unpaired) electrons. The van der Waals surface area contributed by atoms with Crippen molar-refractivity contribution in [2.45, 2.75) is 18.3 Å². The molecule has 2 aromatic carbocycles. The number of ether oxygens (including phenoxy) is 2. The van der Waals surface area contributed by atoms with Gasteiger partial charge in [-0.15, -0.1) is 0 Å². The number of benzene rings is 2. The van der Waals surface area contributed by atoms with Crippen molar-refractivity contribution in [3.05, 3.63) is 59.7 Å². The van der Waals surface area contributed by atoms with Gasteiger partial charge < -0.3 is 19.7 Å². The molecular formula is C22H28N2O3. The molecular weight excluding hydrogens is 340 g/mol. The highest BCUT2D eigenvalue weighted by Gasteiger charge is 2.37. The van der Waals surface area contributed by atoms with Crippen molar-refractivity contribution in [1.29, 1.82) is 0 Å². The predicted octanol–water partition coefficient (Wildman–Crippen LogP) is 3.24. The molecule has 1 fully saturated rings. The van der Waals surface area contributed by atoms with E-state index in [1.807, 2.05) is 61.5 Å². The van der Waals surface area contributed by atoms with Crippen LogP contribution >= 0.6 is 0 Å². The smallest absolute Gasteiger partial charge is 0.251 e. The summed E-state index contributed by atoms with van der Waals surface area (Å²) in [4.78, 5) is 14.8. The molecule has 1 aliphatic rings. The third-order valence-corrected chi connectivity index (χ3v) is 5.34. The minimum absolute atomic E-state index is 0.0561. The van der Waals surface area contributed by atoms with Crippen LogP contribution in [0.25, 0.3) is 0 Å². The number of methoxy groups -OCH3 is 1. The van der Waals surface area contributed by atoms with E-state index in [9.17, 15) is 4.79 Å². The van der Waals surface area contributed by atoms with E-state index >= 15 is 0 Å². The van der Waals surface area contributed by atoms with Gasteiger partial charge in [0.25, 0.3) is 5.91 Å². The van der Waals surface area contributed by atoms with Crippen LogP contribution in [0.4, 0.5) is 5.69 Å². The lowest BCUT2D eigenvalue weighted by molar-refractivity contribution is 0.0479. The summed E-state index contributed by atoms with van der Waals surface area (Å²) in [5.41, 5.74) is 2.63. The van der Waals surface area contributed by atoms with Crippen molar-refractivity contribution in [2.24, 2.45) is 0 Å². The Morgan fingerprint density at radius 2 is 1.89 bits per heavy atom. The Morgan fingerprint density at radius 1 is 1.15 bits per heavy atom. The monoisotopic (exact) mass is 368 g/mol. The molecule has 0 aliphatic carbocycles. The largest absolute Gasteiger partial charge is 0.496 e. The number of carbonyl (C=O) groups excluding carboxylic acids is 1. The molecule has 5 heteroatoms. The lowest BCUT2D eigenvalue weighted by atomic mass is 9.73. The van der Waals surface area contributed by atoms with Gasteiger partial charge in [0.2, 0.25) is 0 Å². The summed E-state index contributed by atoms with van der Waals surface area (Å²) < 4.78 is 11.2. The highest BCUT2D eigenvalue weighted by Crippen LogP contribution is 2.39. The van der Waals surface area contributed by atoms with Crippen LogP contribution in [-0.4, -0.2) is 46.9 Å². The van der Waals surface area contributed by atoms with Gasteiger partial charge >= 0.3 is 0 Å². The summed E-state index contributed by atoms with van der Waals surface area (Å²) in [7, 11) is 5.63. The molecule has 0 atom stereocenters. The van der Waals surface area contributed by atoms with E-state index in [1.54, 1.807) is 7.11 Å². The molecule has 0 saturated carbocycles. The van der Waals surface area contributed by atoms with Crippen LogP contribution in [-0.2, 0) is 10.2 Å². The number of rotatable bonds is 6. The number of nitrogens with zero attached hydrogens (tertiary/aromatic N) is 1. The minimum Gasteiger partial charge on any atom is -0.496 e. The van der Waals surface area contributed by atoms with E-state index in [2.05, 4.69) is 11.4 Å². The van der Waals surface area contributed by atoms with Crippen LogP contribution in [0.3, 0.4) is 0 Å². The molecule has 5 nitrogen and oxygen atoms in total. The van der Waals surface area contributed by atoms with Crippen LogP contribution in [0, 0.1) is 0 Å². The SMILES string of the molecule is COc1ccccc1C1(CNC(=O)c2cccc(N(C)C)c2)CCOCC1. The number of carbonyl (C=O) groups is 1. The zero-order chi connectivity index (χ0) is 19.3. The summed E-state index contributed by atoms with van der Waals surface area (Å²) in [5.74, 6) is 0.808. The van der Waals surface area contributed by atoms with Gasteiger partial charge in [0.1, 0.15) is 5.75 Å².